The predicted octanol–water partition coefficient (Wildman–Crippen LogP) is 1.93. The second-order valence-electron chi connectivity index (χ2n) is 4.10. The minimum Gasteiger partial charge on any atom is -0.398 e. The number of carbonyl (C=O) groups is 1. The molecule has 0 aliphatic heterocycles. The molecule has 0 atom stereocenters. The third kappa shape index (κ3) is 2.45. The number of nitrogens with zero attached hydrogens (tertiary/aromatic N) is 2. The highest BCUT2D eigenvalue weighted by Crippen LogP contribution is 2.22. The highest BCUT2D eigenvalue weighted by Gasteiger charge is 2.09. The molecule has 0 spiro atoms. The Kier molecular flexibility index (Phi) is 3.23. The van der Waals surface area contributed by atoms with Crippen molar-refractivity contribution < 1.29 is 4.79 Å². The standard InChI is InChI=1S/C13H14N4O/c1-8-3-9(2)12(4-11(8)14)17-13(18)10-5-15-7-16-6-10/h3-7H,14H2,1-2H3,(H,17,18). The summed E-state index contributed by atoms with van der Waals surface area (Å²) < 4.78 is 0. The Hall–Kier alpha value is -2.43. The number of nitrogens with two attached hydrogens (primary N) is 1. The van der Waals surface area contributed by atoms with Crippen molar-refractivity contribution in [2.24, 2.45) is 0 Å². The highest BCUT2D eigenvalue weighted by molar-refractivity contribution is 6.04. The molecule has 2 aromatic rings. The largest absolute Gasteiger partial charge is 0.398 e. The van der Waals surface area contributed by atoms with E-state index in [0.717, 1.165) is 11.1 Å². The third-order valence-corrected chi connectivity index (χ3v) is 2.68. The summed E-state index contributed by atoms with van der Waals surface area (Å²) in [6.07, 6.45) is 4.32. The number of carbonyl (C=O) groups excluding carboxylic acids is 1. The van der Waals surface area contributed by atoms with Gasteiger partial charge in [0.2, 0.25) is 0 Å². The molecule has 5 heteroatoms. The van der Waals surface area contributed by atoms with Crippen molar-refractivity contribution in [3.8, 4) is 0 Å². The Morgan fingerprint density at radius 2 is 1.83 bits per heavy atom. The summed E-state index contributed by atoms with van der Waals surface area (Å²) in [5.41, 5.74) is 9.55. The molecule has 0 fully saturated rings. The molecular weight excluding hydrogens is 228 g/mol. The maximum atomic E-state index is 11.9. The van der Waals surface area contributed by atoms with Gasteiger partial charge >= 0.3 is 0 Å². The van der Waals surface area contributed by atoms with Gasteiger partial charge in [-0.25, -0.2) is 9.97 Å². The lowest BCUT2D eigenvalue weighted by Gasteiger charge is -2.10. The number of aromatic nitrogens is 2. The van der Waals surface area contributed by atoms with Crippen LogP contribution in [0.25, 0.3) is 0 Å². The first-order chi connectivity index (χ1) is 8.58. The monoisotopic (exact) mass is 242 g/mol. The van der Waals surface area contributed by atoms with Crippen LogP contribution in [0.2, 0.25) is 0 Å². The van der Waals surface area contributed by atoms with Gasteiger partial charge in [-0.15, -0.1) is 0 Å². The summed E-state index contributed by atoms with van der Waals surface area (Å²) in [7, 11) is 0. The Morgan fingerprint density at radius 1 is 1.17 bits per heavy atom. The number of nitrogen functional groups attached to an aromatic ring is 1. The summed E-state index contributed by atoms with van der Waals surface area (Å²) in [5, 5.41) is 2.80. The van der Waals surface area contributed by atoms with Crippen LogP contribution < -0.4 is 11.1 Å². The summed E-state index contributed by atoms with van der Waals surface area (Å²) >= 11 is 0. The minimum absolute atomic E-state index is 0.248. The number of amides is 1. The van der Waals surface area contributed by atoms with Gasteiger partial charge in [0.05, 0.1) is 5.56 Å². The summed E-state index contributed by atoms with van der Waals surface area (Å²) in [5.74, 6) is -0.248. The average molecular weight is 242 g/mol. The zero-order valence-electron chi connectivity index (χ0n) is 10.3. The molecule has 0 bridgehead atoms. The van der Waals surface area contributed by atoms with E-state index in [0.29, 0.717) is 16.9 Å². The first-order valence-corrected chi connectivity index (χ1v) is 5.51. The SMILES string of the molecule is Cc1cc(C)c(NC(=O)c2cncnc2)cc1N. The van der Waals surface area contributed by atoms with Crippen molar-refractivity contribution >= 4 is 17.3 Å². The van der Waals surface area contributed by atoms with E-state index in [9.17, 15) is 4.79 Å². The molecule has 0 aliphatic rings. The summed E-state index contributed by atoms with van der Waals surface area (Å²) in [6.45, 7) is 3.85. The van der Waals surface area contributed by atoms with Crippen LogP contribution in [0, 0.1) is 13.8 Å². The Morgan fingerprint density at radius 3 is 2.50 bits per heavy atom. The van der Waals surface area contributed by atoms with E-state index in [4.69, 9.17) is 5.73 Å². The normalized spacial score (nSPS) is 10.1. The molecular formula is C13H14N4O. The van der Waals surface area contributed by atoms with Gasteiger partial charge in [0.1, 0.15) is 6.33 Å². The number of benzene rings is 1. The van der Waals surface area contributed by atoms with Gasteiger partial charge in [-0.3, -0.25) is 4.79 Å². The fraction of sp³-hybridized carbons (Fsp3) is 0.154. The first-order valence-electron chi connectivity index (χ1n) is 5.51. The molecule has 0 saturated carbocycles. The summed E-state index contributed by atoms with van der Waals surface area (Å²) in [4.78, 5) is 19.5. The lowest BCUT2D eigenvalue weighted by Crippen LogP contribution is -2.13. The molecule has 3 N–H and O–H groups in total. The Bertz CT molecular complexity index is 581. The Balaban J connectivity index is 2.25. The third-order valence-electron chi connectivity index (χ3n) is 2.68. The van der Waals surface area contributed by atoms with Crippen LogP contribution in [0.5, 0.6) is 0 Å². The number of rotatable bonds is 2. The second-order valence-corrected chi connectivity index (χ2v) is 4.10. The van der Waals surface area contributed by atoms with Crippen molar-refractivity contribution in [1.82, 2.24) is 9.97 Å². The number of anilines is 2. The van der Waals surface area contributed by atoms with Crippen molar-refractivity contribution in [3.05, 3.63) is 47.5 Å². The van der Waals surface area contributed by atoms with Crippen LogP contribution in [-0.4, -0.2) is 15.9 Å². The van der Waals surface area contributed by atoms with Gasteiger partial charge in [0.25, 0.3) is 5.91 Å². The zero-order valence-corrected chi connectivity index (χ0v) is 10.3. The maximum absolute atomic E-state index is 11.9. The molecule has 0 radical (unpaired) electrons. The molecule has 0 aliphatic carbocycles. The van der Waals surface area contributed by atoms with Crippen LogP contribution in [0.15, 0.2) is 30.9 Å². The molecule has 1 heterocycles. The molecule has 2 rings (SSSR count). The van der Waals surface area contributed by atoms with Gasteiger partial charge in [-0.05, 0) is 31.0 Å². The second kappa shape index (κ2) is 4.83. The number of hydrogen-bond acceptors (Lipinski definition) is 4. The summed E-state index contributed by atoms with van der Waals surface area (Å²) in [6, 6.07) is 3.69. The number of nitrogens with one attached hydrogen (secondary N) is 1. The van der Waals surface area contributed by atoms with Gasteiger partial charge in [0.15, 0.2) is 0 Å². The lowest BCUT2D eigenvalue weighted by atomic mass is 10.1. The minimum atomic E-state index is -0.248. The van der Waals surface area contributed by atoms with E-state index >= 15 is 0 Å². The quantitative estimate of drug-likeness (QED) is 0.788. The van der Waals surface area contributed by atoms with E-state index in [1.54, 1.807) is 6.07 Å². The van der Waals surface area contributed by atoms with Crippen LogP contribution in [0.3, 0.4) is 0 Å². The zero-order chi connectivity index (χ0) is 13.1. The van der Waals surface area contributed by atoms with E-state index in [2.05, 4.69) is 15.3 Å². The van der Waals surface area contributed by atoms with E-state index in [1.165, 1.54) is 18.7 Å². The average Bonchev–Trinajstić information content (AvgIpc) is 2.37. The molecule has 92 valence electrons. The topological polar surface area (TPSA) is 80.9 Å². The molecule has 5 nitrogen and oxygen atoms in total. The lowest BCUT2D eigenvalue weighted by molar-refractivity contribution is 0.102. The van der Waals surface area contributed by atoms with Crippen molar-refractivity contribution in [1.29, 1.82) is 0 Å². The van der Waals surface area contributed by atoms with Gasteiger partial charge in [-0.2, -0.15) is 0 Å². The van der Waals surface area contributed by atoms with Crippen LogP contribution in [0.4, 0.5) is 11.4 Å². The van der Waals surface area contributed by atoms with Crippen LogP contribution in [0.1, 0.15) is 21.5 Å². The maximum Gasteiger partial charge on any atom is 0.258 e. The predicted molar refractivity (Wildman–Crippen MR) is 70.3 cm³/mol. The fourth-order valence-corrected chi connectivity index (χ4v) is 1.61. The van der Waals surface area contributed by atoms with Crippen LogP contribution in [-0.2, 0) is 0 Å². The van der Waals surface area contributed by atoms with E-state index in [1.807, 2.05) is 19.9 Å². The first kappa shape index (κ1) is 12.0. The Labute approximate surface area is 105 Å². The molecule has 0 saturated heterocycles. The van der Waals surface area contributed by atoms with Crippen molar-refractivity contribution in [3.63, 3.8) is 0 Å². The van der Waals surface area contributed by atoms with Crippen molar-refractivity contribution in [2.75, 3.05) is 11.1 Å². The molecule has 1 aromatic heterocycles. The highest BCUT2D eigenvalue weighted by atomic mass is 16.1. The van der Waals surface area contributed by atoms with E-state index in [-0.39, 0.29) is 5.91 Å². The fourth-order valence-electron chi connectivity index (χ4n) is 1.61. The van der Waals surface area contributed by atoms with Gasteiger partial charge < -0.3 is 11.1 Å². The molecule has 18 heavy (non-hydrogen) atoms. The van der Waals surface area contributed by atoms with Crippen molar-refractivity contribution in [2.45, 2.75) is 13.8 Å². The van der Waals surface area contributed by atoms with E-state index < -0.39 is 0 Å². The van der Waals surface area contributed by atoms with Gasteiger partial charge in [-0.1, -0.05) is 6.07 Å². The molecule has 1 aromatic carbocycles. The van der Waals surface area contributed by atoms with Gasteiger partial charge in [0, 0.05) is 23.8 Å². The van der Waals surface area contributed by atoms with Crippen LogP contribution >= 0.6 is 0 Å². The number of hydrogen-bond donors (Lipinski definition) is 2. The smallest absolute Gasteiger partial charge is 0.258 e. The molecule has 1 amide bonds. The molecule has 0 unspecified atom stereocenters. The number of aryl methyl sites for hydroxylation is 2.